The number of aromatic amines is 1. The van der Waals surface area contributed by atoms with Gasteiger partial charge in [-0.1, -0.05) is 12.1 Å². The minimum absolute atomic E-state index is 0.0573. The van der Waals surface area contributed by atoms with E-state index in [2.05, 4.69) is 20.6 Å². The number of carbonyl (C=O) groups is 1. The van der Waals surface area contributed by atoms with E-state index in [0.29, 0.717) is 0 Å². The Kier molecular flexibility index (Phi) is 3.05. The fourth-order valence-electron chi connectivity index (χ4n) is 2.46. The molecule has 1 amide bonds. The van der Waals surface area contributed by atoms with Crippen molar-refractivity contribution in [3.63, 3.8) is 0 Å². The first-order chi connectivity index (χ1) is 9.24. The fourth-order valence-corrected chi connectivity index (χ4v) is 2.46. The molecule has 19 heavy (non-hydrogen) atoms. The lowest BCUT2D eigenvalue weighted by atomic mass is 9.98. The molecule has 5 nitrogen and oxygen atoms in total. The molecule has 0 saturated carbocycles. The van der Waals surface area contributed by atoms with E-state index >= 15 is 0 Å². The summed E-state index contributed by atoms with van der Waals surface area (Å²) in [4.78, 5) is 18.6. The van der Waals surface area contributed by atoms with Gasteiger partial charge in [-0.2, -0.15) is 0 Å². The van der Waals surface area contributed by atoms with Crippen LogP contribution < -0.4 is 10.6 Å². The third kappa shape index (κ3) is 2.37. The van der Waals surface area contributed by atoms with Crippen molar-refractivity contribution in [1.29, 1.82) is 0 Å². The van der Waals surface area contributed by atoms with Gasteiger partial charge in [-0.3, -0.25) is 4.79 Å². The lowest BCUT2D eigenvalue weighted by Crippen LogP contribution is -2.30. The second-order valence-corrected chi connectivity index (χ2v) is 4.71. The molecular weight excluding hydrogens is 240 g/mol. The van der Waals surface area contributed by atoms with E-state index in [1.165, 1.54) is 12.6 Å². The van der Waals surface area contributed by atoms with Gasteiger partial charge in [0.05, 0.1) is 18.1 Å². The Morgan fingerprint density at radius 3 is 2.89 bits per heavy atom. The van der Waals surface area contributed by atoms with Gasteiger partial charge in [-0.25, -0.2) is 4.98 Å². The van der Waals surface area contributed by atoms with Gasteiger partial charge in [0.25, 0.3) is 0 Å². The maximum absolute atomic E-state index is 11.0. The Balaban J connectivity index is 1.86. The van der Waals surface area contributed by atoms with Crippen LogP contribution in [-0.4, -0.2) is 22.4 Å². The third-order valence-corrected chi connectivity index (χ3v) is 3.31. The van der Waals surface area contributed by atoms with E-state index in [-0.39, 0.29) is 11.9 Å². The quantitative estimate of drug-likeness (QED) is 0.764. The minimum Gasteiger partial charge on any atom is -0.348 e. The van der Waals surface area contributed by atoms with Crippen LogP contribution in [0.1, 0.15) is 29.9 Å². The standard InChI is InChI=1S/C14H16N4O/c1-9(19)18-11-4-2-10(3-5-11)13-14-12(6-7-15-13)16-8-17-14/h2-5,8,13,15H,6-7H2,1H3,(H,16,17)(H,18,19). The highest BCUT2D eigenvalue weighted by Crippen LogP contribution is 2.26. The van der Waals surface area contributed by atoms with E-state index in [0.717, 1.165) is 29.9 Å². The summed E-state index contributed by atoms with van der Waals surface area (Å²) < 4.78 is 0. The van der Waals surface area contributed by atoms with Crippen LogP contribution in [0, 0.1) is 0 Å². The molecule has 1 aliphatic heterocycles. The SMILES string of the molecule is CC(=O)Nc1ccc(C2NCCc3[nH]cnc32)cc1. The van der Waals surface area contributed by atoms with Crippen LogP contribution in [0.3, 0.4) is 0 Å². The summed E-state index contributed by atoms with van der Waals surface area (Å²) in [6.45, 7) is 2.44. The number of benzene rings is 1. The molecular formula is C14H16N4O. The van der Waals surface area contributed by atoms with Gasteiger partial charge in [0, 0.05) is 31.3 Å². The molecule has 3 rings (SSSR count). The molecule has 3 N–H and O–H groups in total. The number of hydrogen-bond acceptors (Lipinski definition) is 3. The number of rotatable bonds is 2. The zero-order valence-electron chi connectivity index (χ0n) is 10.7. The predicted molar refractivity (Wildman–Crippen MR) is 72.9 cm³/mol. The number of aromatic nitrogens is 2. The Hall–Kier alpha value is -2.14. The number of nitrogens with zero attached hydrogens (tertiary/aromatic N) is 1. The van der Waals surface area contributed by atoms with Crippen LogP contribution in [0.2, 0.25) is 0 Å². The van der Waals surface area contributed by atoms with Crippen molar-refractivity contribution in [3.05, 3.63) is 47.5 Å². The van der Waals surface area contributed by atoms with Gasteiger partial charge >= 0.3 is 0 Å². The van der Waals surface area contributed by atoms with Crippen LogP contribution in [-0.2, 0) is 11.2 Å². The summed E-state index contributed by atoms with van der Waals surface area (Å²) in [6.07, 6.45) is 2.73. The number of fused-ring (bicyclic) bond motifs is 1. The van der Waals surface area contributed by atoms with Gasteiger partial charge in [0.1, 0.15) is 0 Å². The van der Waals surface area contributed by atoms with Crippen LogP contribution in [0.15, 0.2) is 30.6 Å². The number of anilines is 1. The number of amides is 1. The summed E-state index contributed by atoms with van der Waals surface area (Å²) in [6, 6.07) is 8.00. The van der Waals surface area contributed by atoms with Gasteiger partial charge < -0.3 is 15.6 Å². The number of carbonyl (C=O) groups excluding carboxylic acids is 1. The van der Waals surface area contributed by atoms with Crippen LogP contribution >= 0.6 is 0 Å². The smallest absolute Gasteiger partial charge is 0.221 e. The fraction of sp³-hybridized carbons (Fsp3) is 0.286. The Morgan fingerprint density at radius 2 is 2.16 bits per heavy atom. The summed E-state index contributed by atoms with van der Waals surface area (Å²) in [5.41, 5.74) is 4.24. The van der Waals surface area contributed by atoms with E-state index in [9.17, 15) is 4.79 Å². The molecule has 0 spiro atoms. The summed E-state index contributed by atoms with van der Waals surface area (Å²) in [5.74, 6) is -0.0573. The highest BCUT2D eigenvalue weighted by molar-refractivity contribution is 5.88. The molecule has 0 aliphatic carbocycles. The van der Waals surface area contributed by atoms with Gasteiger partial charge in [-0.15, -0.1) is 0 Å². The Morgan fingerprint density at radius 1 is 1.37 bits per heavy atom. The molecule has 1 aromatic heterocycles. The van der Waals surface area contributed by atoms with Crippen LogP contribution in [0.5, 0.6) is 0 Å². The molecule has 0 bridgehead atoms. The van der Waals surface area contributed by atoms with Gasteiger partial charge in [-0.05, 0) is 17.7 Å². The Labute approximate surface area is 111 Å². The maximum atomic E-state index is 11.0. The van der Waals surface area contributed by atoms with Crippen molar-refractivity contribution >= 4 is 11.6 Å². The molecule has 5 heteroatoms. The number of H-pyrrole nitrogens is 1. The first-order valence-corrected chi connectivity index (χ1v) is 6.37. The molecule has 0 fully saturated rings. The topological polar surface area (TPSA) is 69.8 Å². The second kappa shape index (κ2) is 4.85. The van der Waals surface area contributed by atoms with E-state index < -0.39 is 0 Å². The van der Waals surface area contributed by atoms with Crippen molar-refractivity contribution in [2.75, 3.05) is 11.9 Å². The zero-order valence-corrected chi connectivity index (χ0v) is 10.7. The molecule has 1 unspecified atom stereocenters. The molecule has 0 radical (unpaired) electrons. The van der Waals surface area contributed by atoms with Crippen molar-refractivity contribution in [1.82, 2.24) is 15.3 Å². The molecule has 1 atom stereocenters. The average molecular weight is 256 g/mol. The van der Waals surface area contributed by atoms with Gasteiger partial charge in [0.15, 0.2) is 0 Å². The number of nitrogens with one attached hydrogen (secondary N) is 3. The molecule has 2 heterocycles. The molecule has 0 saturated heterocycles. The largest absolute Gasteiger partial charge is 0.348 e. The van der Waals surface area contributed by atoms with Crippen LogP contribution in [0.25, 0.3) is 0 Å². The molecule has 98 valence electrons. The van der Waals surface area contributed by atoms with Crippen molar-refractivity contribution in [2.24, 2.45) is 0 Å². The molecule has 1 aliphatic rings. The first kappa shape index (κ1) is 11.9. The normalized spacial score (nSPS) is 17.8. The number of hydrogen-bond donors (Lipinski definition) is 3. The maximum Gasteiger partial charge on any atom is 0.221 e. The predicted octanol–water partition coefficient (Wildman–Crippen LogP) is 1.60. The van der Waals surface area contributed by atoms with Gasteiger partial charge in [0.2, 0.25) is 5.91 Å². The minimum atomic E-state index is -0.0573. The summed E-state index contributed by atoms with van der Waals surface area (Å²) in [7, 11) is 0. The highest BCUT2D eigenvalue weighted by atomic mass is 16.1. The average Bonchev–Trinajstić information content (AvgIpc) is 2.87. The summed E-state index contributed by atoms with van der Waals surface area (Å²) >= 11 is 0. The highest BCUT2D eigenvalue weighted by Gasteiger charge is 2.23. The van der Waals surface area contributed by atoms with E-state index in [1.54, 1.807) is 6.33 Å². The molecule has 2 aromatic rings. The zero-order chi connectivity index (χ0) is 13.2. The van der Waals surface area contributed by atoms with E-state index in [1.807, 2.05) is 24.3 Å². The van der Waals surface area contributed by atoms with Crippen molar-refractivity contribution < 1.29 is 4.79 Å². The lowest BCUT2D eigenvalue weighted by Gasteiger charge is -2.23. The van der Waals surface area contributed by atoms with E-state index in [4.69, 9.17) is 0 Å². The lowest BCUT2D eigenvalue weighted by molar-refractivity contribution is -0.114. The Bertz CT molecular complexity index is 588. The van der Waals surface area contributed by atoms with Crippen molar-refractivity contribution in [3.8, 4) is 0 Å². The van der Waals surface area contributed by atoms with Crippen molar-refractivity contribution in [2.45, 2.75) is 19.4 Å². The monoisotopic (exact) mass is 256 g/mol. The number of imidazole rings is 1. The second-order valence-electron chi connectivity index (χ2n) is 4.71. The summed E-state index contributed by atoms with van der Waals surface area (Å²) in [5, 5.41) is 6.24. The van der Waals surface area contributed by atoms with Crippen LogP contribution in [0.4, 0.5) is 5.69 Å². The first-order valence-electron chi connectivity index (χ1n) is 6.37. The third-order valence-electron chi connectivity index (χ3n) is 3.31. The molecule has 1 aromatic carbocycles.